The van der Waals surface area contributed by atoms with Gasteiger partial charge in [0.25, 0.3) is 0 Å². The minimum absolute atomic E-state index is 0.0996. The fourth-order valence-corrected chi connectivity index (χ4v) is 7.43. The average Bonchev–Trinajstić information content (AvgIpc) is 3.33. The summed E-state index contributed by atoms with van der Waals surface area (Å²) in [6.45, 7) is 6.44. The molecule has 382 valence electrons. The molecule has 6 nitrogen and oxygen atoms in total. The molecule has 0 aromatic rings. The number of rotatable bonds is 49. The quantitative estimate of drug-likeness (QED) is 0.0199. The number of unbranched alkanes of at least 4 members (excludes halogenated alkanes) is 24. The van der Waals surface area contributed by atoms with Crippen molar-refractivity contribution in [3.05, 3.63) is 97.2 Å². The van der Waals surface area contributed by atoms with Crippen LogP contribution < -0.4 is 0 Å². The molecule has 0 aliphatic rings. The Kier molecular flexibility index (Phi) is 51.9. The largest absolute Gasteiger partial charge is 0.462 e. The van der Waals surface area contributed by atoms with Crippen molar-refractivity contribution in [2.75, 3.05) is 13.2 Å². The SMILES string of the molecule is CC/C=C\C/C=C\C/C=C\CCCCCCC(=O)OCC(COC(=O)CCCCCCC\C=C/C=C\C=C/CCCCCCC)OC(=O)CCCCCCCCC/C=C\C/C=C\CCCCC. The highest BCUT2D eigenvalue weighted by Gasteiger charge is 2.19. The van der Waals surface area contributed by atoms with Crippen molar-refractivity contribution in [3.8, 4) is 0 Å². The second-order valence-electron chi connectivity index (χ2n) is 18.2. The van der Waals surface area contributed by atoms with Crippen molar-refractivity contribution >= 4 is 17.9 Å². The van der Waals surface area contributed by atoms with Crippen molar-refractivity contribution in [2.24, 2.45) is 0 Å². The Labute approximate surface area is 413 Å². The monoisotopic (exact) mass is 931 g/mol. The minimum atomic E-state index is -0.801. The average molecular weight is 931 g/mol. The predicted octanol–water partition coefficient (Wildman–Crippen LogP) is 18.5. The zero-order valence-corrected chi connectivity index (χ0v) is 43.6. The maximum Gasteiger partial charge on any atom is 0.306 e. The first-order valence-corrected chi connectivity index (χ1v) is 27.8. The highest BCUT2D eigenvalue weighted by atomic mass is 16.6. The van der Waals surface area contributed by atoms with Crippen molar-refractivity contribution in [1.29, 1.82) is 0 Å². The Hall–Kier alpha value is -3.67. The molecule has 0 N–H and O–H groups in total. The molecule has 0 spiro atoms. The van der Waals surface area contributed by atoms with Crippen LogP contribution in [0.15, 0.2) is 97.2 Å². The second kappa shape index (κ2) is 54.9. The Morgan fingerprint density at radius 2 is 0.642 bits per heavy atom. The fourth-order valence-electron chi connectivity index (χ4n) is 7.43. The molecule has 1 unspecified atom stereocenters. The van der Waals surface area contributed by atoms with Gasteiger partial charge >= 0.3 is 17.9 Å². The molecular weight excluding hydrogens is 829 g/mol. The summed E-state index contributed by atoms with van der Waals surface area (Å²) in [5.41, 5.74) is 0. The highest BCUT2D eigenvalue weighted by Crippen LogP contribution is 2.14. The topological polar surface area (TPSA) is 78.9 Å². The molecule has 0 heterocycles. The molecule has 0 fully saturated rings. The number of ether oxygens (including phenoxy) is 3. The fraction of sp³-hybridized carbons (Fsp3) is 0.689. The number of hydrogen-bond acceptors (Lipinski definition) is 6. The Morgan fingerprint density at radius 1 is 0.328 bits per heavy atom. The van der Waals surface area contributed by atoms with Crippen LogP contribution in [0.4, 0.5) is 0 Å². The molecule has 0 aliphatic carbocycles. The van der Waals surface area contributed by atoms with Crippen LogP contribution in [-0.2, 0) is 28.6 Å². The van der Waals surface area contributed by atoms with E-state index < -0.39 is 6.10 Å². The lowest BCUT2D eigenvalue weighted by Crippen LogP contribution is -2.30. The Bertz CT molecular complexity index is 1350. The van der Waals surface area contributed by atoms with Crippen LogP contribution in [-0.4, -0.2) is 37.2 Å². The summed E-state index contributed by atoms with van der Waals surface area (Å²) < 4.78 is 16.8. The zero-order valence-electron chi connectivity index (χ0n) is 43.6. The van der Waals surface area contributed by atoms with E-state index in [1.807, 2.05) is 0 Å². The van der Waals surface area contributed by atoms with Gasteiger partial charge in [0.1, 0.15) is 13.2 Å². The molecule has 6 heteroatoms. The first-order chi connectivity index (χ1) is 33.0. The van der Waals surface area contributed by atoms with Gasteiger partial charge in [0.15, 0.2) is 6.10 Å². The van der Waals surface area contributed by atoms with Crippen LogP contribution in [0.5, 0.6) is 0 Å². The van der Waals surface area contributed by atoms with Gasteiger partial charge in [-0.05, 0) is 109 Å². The zero-order chi connectivity index (χ0) is 48.6. The molecule has 0 saturated carbocycles. The van der Waals surface area contributed by atoms with E-state index >= 15 is 0 Å². The lowest BCUT2D eigenvalue weighted by molar-refractivity contribution is -0.167. The lowest BCUT2D eigenvalue weighted by Gasteiger charge is -2.18. The van der Waals surface area contributed by atoms with Crippen molar-refractivity contribution < 1.29 is 28.6 Å². The molecule has 0 aliphatic heterocycles. The standard InChI is InChI=1S/C61H102O6/c1-4-7-10-13-16-19-22-25-28-30-32-33-36-39-42-45-48-51-54-60(63)66-57-58(56-65-59(62)53-50-47-44-41-38-35-27-24-21-18-15-12-9-6-3)67-61(64)55-52-49-46-43-40-37-34-31-29-26-23-20-17-14-11-8-5-2/h9,12,17-18,20-22,25-30,32-33,35,58H,4-8,10-11,13-16,19,23-24,31,34,36-57H2,1-3H3/b12-9-,20-17-,21-18-,25-22-,29-26-,30-28-,33-32-,35-27-. The van der Waals surface area contributed by atoms with Gasteiger partial charge in [-0.15, -0.1) is 0 Å². The Morgan fingerprint density at radius 3 is 1.06 bits per heavy atom. The van der Waals surface area contributed by atoms with Crippen molar-refractivity contribution in [1.82, 2.24) is 0 Å². The minimum Gasteiger partial charge on any atom is -0.462 e. The lowest BCUT2D eigenvalue weighted by atomic mass is 10.1. The van der Waals surface area contributed by atoms with Gasteiger partial charge in [-0.1, -0.05) is 221 Å². The summed E-state index contributed by atoms with van der Waals surface area (Å²) in [6.07, 6.45) is 72.4. The molecule has 0 bridgehead atoms. The summed E-state index contributed by atoms with van der Waals surface area (Å²) in [7, 11) is 0. The predicted molar refractivity (Wildman–Crippen MR) is 288 cm³/mol. The molecule has 67 heavy (non-hydrogen) atoms. The van der Waals surface area contributed by atoms with E-state index in [1.54, 1.807) is 0 Å². The normalized spacial score (nSPS) is 12.8. The van der Waals surface area contributed by atoms with Gasteiger partial charge in [-0.25, -0.2) is 0 Å². The van der Waals surface area contributed by atoms with Gasteiger partial charge in [0, 0.05) is 19.3 Å². The number of hydrogen-bond donors (Lipinski definition) is 0. The first kappa shape index (κ1) is 63.3. The maximum atomic E-state index is 12.8. The third-order valence-corrected chi connectivity index (χ3v) is 11.6. The van der Waals surface area contributed by atoms with Crippen LogP contribution >= 0.6 is 0 Å². The number of allylic oxidation sites excluding steroid dienone is 16. The van der Waals surface area contributed by atoms with E-state index in [9.17, 15) is 14.4 Å². The summed E-state index contributed by atoms with van der Waals surface area (Å²) in [6, 6.07) is 0. The molecular formula is C61H102O6. The van der Waals surface area contributed by atoms with Crippen molar-refractivity contribution in [3.63, 3.8) is 0 Å². The van der Waals surface area contributed by atoms with E-state index in [2.05, 4.69) is 118 Å². The Balaban J connectivity index is 4.48. The van der Waals surface area contributed by atoms with E-state index in [0.29, 0.717) is 19.3 Å². The van der Waals surface area contributed by atoms with Crippen LogP contribution in [0.1, 0.15) is 252 Å². The number of carbonyl (C=O) groups is 3. The molecule has 1 atom stereocenters. The smallest absolute Gasteiger partial charge is 0.306 e. The third-order valence-electron chi connectivity index (χ3n) is 11.6. The van der Waals surface area contributed by atoms with E-state index in [0.717, 1.165) is 128 Å². The molecule has 0 aromatic heterocycles. The molecule has 0 aromatic carbocycles. The van der Waals surface area contributed by atoms with Gasteiger partial charge < -0.3 is 14.2 Å². The maximum absolute atomic E-state index is 12.8. The van der Waals surface area contributed by atoms with Gasteiger partial charge in [-0.3, -0.25) is 14.4 Å². The molecule has 0 saturated heterocycles. The third kappa shape index (κ3) is 53.2. The van der Waals surface area contributed by atoms with Crippen LogP contribution in [0.25, 0.3) is 0 Å². The molecule has 0 rings (SSSR count). The van der Waals surface area contributed by atoms with Crippen molar-refractivity contribution in [2.45, 2.75) is 258 Å². The van der Waals surface area contributed by atoms with Crippen LogP contribution in [0, 0.1) is 0 Å². The van der Waals surface area contributed by atoms with Gasteiger partial charge in [0.05, 0.1) is 0 Å². The number of carbonyl (C=O) groups excluding carboxylic acids is 3. The van der Waals surface area contributed by atoms with E-state index in [-0.39, 0.29) is 31.1 Å². The number of esters is 3. The second-order valence-corrected chi connectivity index (χ2v) is 18.2. The van der Waals surface area contributed by atoms with E-state index in [4.69, 9.17) is 14.2 Å². The van der Waals surface area contributed by atoms with E-state index in [1.165, 1.54) is 83.5 Å². The van der Waals surface area contributed by atoms with Gasteiger partial charge in [-0.2, -0.15) is 0 Å². The summed E-state index contributed by atoms with van der Waals surface area (Å²) >= 11 is 0. The van der Waals surface area contributed by atoms with Crippen LogP contribution in [0.2, 0.25) is 0 Å². The summed E-state index contributed by atoms with van der Waals surface area (Å²) in [5.74, 6) is -0.947. The highest BCUT2D eigenvalue weighted by molar-refractivity contribution is 5.71. The van der Waals surface area contributed by atoms with Crippen LogP contribution in [0.3, 0.4) is 0 Å². The molecule has 0 radical (unpaired) electrons. The summed E-state index contributed by atoms with van der Waals surface area (Å²) in [4.78, 5) is 38.1. The summed E-state index contributed by atoms with van der Waals surface area (Å²) in [5, 5.41) is 0. The first-order valence-electron chi connectivity index (χ1n) is 27.8. The van der Waals surface area contributed by atoms with Gasteiger partial charge in [0.2, 0.25) is 0 Å². The molecule has 0 amide bonds.